The summed E-state index contributed by atoms with van der Waals surface area (Å²) in [5.41, 5.74) is 2.56. The highest BCUT2D eigenvalue weighted by atomic mass is 16.3. The molecule has 2 heterocycles. The van der Waals surface area contributed by atoms with Crippen LogP contribution in [-0.4, -0.2) is 60.3 Å². The molecule has 2 atom stereocenters. The number of aromatic nitrogens is 2. The smallest absolute Gasteiger partial charge is 0.134 e. The molecule has 0 aliphatic carbocycles. The first-order valence-corrected chi connectivity index (χ1v) is 9.71. The normalized spacial score (nSPS) is 18.6. The van der Waals surface area contributed by atoms with Crippen molar-refractivity contribution in [1.29, 1.82) is 0 Å². The Morgan fingerprint density at radius 1 is 1.26 bits per heavy atom. The van der Waals surface area contributed by atoms with E-state index in [-0.39, 0.29) is 12.6 Å². The van der Waals surface area contributed by atoms with Crippen LogP contribution in [0.4, 0.5) is 11.6 Å². The number of nitrogens with zero attached hydrogens (tertiary/aromatic N) is 4. The number of piperidine rings is 1. The van der Waals surface area contributed by atoms with Gasteiger partial charge in [0, 0.05) is 32.3 Å². The van der Waals surface area contributed by atoms with Gasteiger partial charge in [-0.05, 0) is 45.3 Å². The molecule has 1 aliphatic rings. The van der Waals surface area contributed by atoms with Crippen molar-refractivity contribution in [2.75, 3.05) is 50.6 Å². The molecule has 1 aliphatic heterocycles. The van der Waals surface area contributed by atoms with E-state index in [2.05, 4.69) is 70.4 Å². The highest BCUT2D eigenvalue weighted by molar-refractivity contribution is 5.49. The number of aliphatic hydroxyl groups is 1. The molecule has 1 aromatic heterocycles. The summed E-state index contributed by atoms with van der Waals surface area (Å²) in [5, 5.41) is 12.9. The number of hydrogen-bond donors (Lipinski definition) is 2. The average Bonchev–Trinajstić information content (AvgIpc) is 2.69. The summed E-state index contributed by atoms with van der Waals surface area (Å²) in [6.45, 7) is 4.96. The van der Waals surface area contributed by atoms with Crippen molar-refractivity contribution in [1.82, 2.24) is 14.9 Å². The second-order valence-electron chi connectivity index (χ2n) is 7.67. The van der Waals surface area contributed by atoms with Gasteiger partial charge < -0.3 is 20.2 Å². The number of aryl methyl sites for hydroxylation is 1. The van der Waals surface area contributed by atoms with Crippen LogP contribution < -0.4 is 10.2 Å². The SMILES string of the molecule is Cc1ccc(C(CNc2cc(N3CCCC(CO)C3)ncn2)N(C)C)cc1. The van der Waals surface area contributed by atoms with Crippen LogP contribution in [0.5, 0.6) is 0 Å². The Labute approximate surface area is 162 Å². The first kappa shape index (κ1) is 19.6. The molecule has 0 saturated carbocycles. The summed E-state index contributed by atoms with van der Waals surface area (Å²) >= 11 is 0. The molecule has 146 valence electrons. The maximum atomic E-state index is 9.46. The number of hydrogen-bond acceptors (Lipinski definition) is 6. The van der Waals surface area contributed by atoms with E-state index in [1.807, 2.05) is 6.07 Å². The lowest BCUT2D eigenvalue weighted by Gasteiger charge is -2.32. The predicted molar refractivity (Wildman–Crippen MR) is 110 cm³/mol. The molecule has 2 aromatic rings. The van der Waals surface area contributed by atoms with Gasteiger partial charge in [0.1, 0.15) is 18.0 Å². The molecule has 1 saturated heterocycles. The van der Waals surface area contributed by atoms with Gasteiger partial charge in [-0.25, -0.2) is 9.97 Å². The van der Waals surface area contributed by atoms with Gasteiger partial charge >= 0.3 is 0 Å². The molecule has 3 rings (SSSR count). The average molecular weight is 370 g/mol. The molecule has 0 spiro atoms. The van der Waals surface area contributed by atoms with E-state index < -0.39 is 0 Å². The lowest BCUT2D eigenvalue weighted by molar-refractivity contribution is 0.208. The summed E-state index contributed by atoms with van der Waals surface area (Å²) in [6.07, 6.45) is 3.80. The van der Waals surface area contributed by atoms with Crippen LogP contribution >= 0.6 is 0 Å². The predicted octanol–water partition coefficient (Wildman–Crippen LogP) is 2.71. The van der Waals surface area contributed by atoms with E-state index in [4.69, 9.17) is 0 Å². The summed E-state index contributed by atoms with van der Waals surface area (Å²) in [6, 6.07) is 11.0. The zero-order valence-electron chi connectivity index (χ0n) is 16.6. The fourth-order valence-electron chi connectivity index (χ4n) is 3.63. The number of aliphatic hydroxyl groups excluding tert-OH is 1. The molecule has 6 heteroatoms. The van der Waals surface area contributed by atoms with E-state index in [9.17, 15) is 5.11 Å². The molecule has 1 fully saturated rings. The van der Waals surface area contributed by atoms with Crippen LogP contribution in [0.1, 0.15) is 30.0 Å². The zero-order valence-corrected chi connectivity index (χ0v) is 16.6. The van der Waals surface area contributed by atoms with Crippen molar-refractivity contribution in [3.63, 3.8) is 0 Å². The van der Waals surface area contributed by atoms with Crippen molar-refractivity contribution in [2.45, 2.75) is 25.8 Å². The van der Waals surface area contributed by atoms with Gasteiger partial charge in [-0.3, -0.25) is 0 Å². The van der Waals surface area contributed by atoms with Gasteiger partial charge in [-0.2, -0.15) is 0 Å². The van der Waals surface area contributed by atoms with Gasteiger partial charge in [-0.1, -0.05) is 29.8 Å². The Bertz CT molecular complexity index is 719. The first-order chi connectivity index (χ1) is 13.1. The zero-order chi connectivity index (χ0) is 19.2. The Kier molecular flexibility index (Phi) is 6.63. The topological polar surface area (TPSA) is 64.5 Å². The maximum Gasteiger partial charge on any atom is 0.134 e. The monoisotopic (exact) mass is 369 g/mol. The van der Waals surface area contributed by atoms with Crippen molar-refractivity contribution in [3.8, 4) is 0 Å². The van der Waals surface area contributed by atoms with E-state index in [0.29, 0.717) is 5.92 Å². The van der Waals surface area contributed by atoms with Crippen LogP contribution in [0, 0.1) is 12.8 Å². The Morgan fingerprint density at radius 3 is 2.74 bits per heavy atom. The summed E-state index contributed by atoms with van der Waals surface area (Å²) < 4.78 is 0. The summed E-state index contributed by atoms with van der Waals surface area (Å²) in [5.74, 6) is 2.11. The fourth-order valence-corrected chi connectivity index (χ4v) is 3.63. The summed E-state index contributed by atoms with van der Waals surface area (Å²) in [7, 11) is 4.20. The van der Waals surface area contributed by atoms with Crippen molar-refractivity contribution in [3.05, 3.63) is 47.8 Å². The molecular weight excluding hydrogens is 338 g/mol. The third-order valence-electron chi connectivity index (χ3n) is 5.32. The Balaban J connectivity index is 1.67. The molecule has 1 aromatic carbocycles. The molecule has 2 N–H and O–H groups in total. The van der Waals surface area contributed by atoms with Crippen LogP contribution in [0.15, 0.2) is 36.7 Å². The van der Waals surface area contributed by atoms with Gasteiger partial charge in [0.15, 0.2) is 0 Å². The van der Waals surface area contributed by atoms with Gasteiger partial charge in [-0.15, -0.1) is 0 Å². The minimum absolute atomic E-state index is 0.244. The Hall–Kier alpha value is -2.18. The van der Waals surface area contributed by atoms with Gasteiger partial charge in [0.25, 0.3) is 0 Å². The van der Waals surface area contributed by atoms with Crippen molar-refractivity contribution < 1.29 is 5.11 Å². The number of nitrogens with one attached hydrogen (secondary N) is 1. The van der Waals surface area contributed by atoms with Gasteiger partial charge in [0.05, 0.1) is 6.04 Å². The second kappa shape index (κ2) is 9.15. The second-order valence-corrected chi connectivity index (χ2v) is 7.67. The molecule has 0 radical (unpaired) electrons. The van der Waals surface area contributed by atoms with E-state index in [1.54, 1.807) is 6.33 Å². The molecule has 6 nitrogen and oxygen atoms in total. The molecule has 2 unspecified atom stereocenters. The standard InChI is InChI=1S/C21H31N5O/c1-16-6-8-18(9-7-16)19(25(2)3)12-22-20-11-21(24-15-23-20)26-10-4-5-17(13-26)14-27/h6-9,11,15,17,19,27H,4-5,10,12-14H2,1-3H3,(H,22,23,24). The number of likely N-dealkylation sites (N-methyl/N-ethyl adjacent to an activating group) is 1. The van der Waals surface area contributed by atoms with Crippen LogP contribution in [-0.2, 0) is 0 Å². The number of benzene rings is 1. The largest absolute Gasteiger partial charge is 0.396 e. The highest BCUT2D eigenvalue weighted by Crippen LogP contribution is 2.24. The lowest BCUT2D eigenvalue weighted by atomic mass is 9.99. The number of anilines is 2. The lowest BCUT2D eigenvalue weighted by Crippen LogP contribution is -2.37. The molecule has 27 heavy (non-hydrogen) atoms. The van der Waals surface area contributed by atoms with Crippen LogP contribution in [0.25, 0.3) is 0 Å². The molecule has 0 amide bonds. The molecule has 0 bridgehead atoms. The first-order valence-electron chi connectivity index (χ1n) is 9.71. The maximum absolute atomic E-state index is 9.46. The van der Waals surface area contributed by atoms with E-state index in [1.165, 1.54) is 11.1 Å². The fraction of sp³-hybridized carbons (Fsp3) is 0.524. The third-order valence-corrected chi connectivity index (χ3v) is 5.32. The van der Waals surface area contributed by atoms with Crippen LogP contribution in [0.3, 0.4) is 0 Å². The summed E-state index contributed by atoms with van der Waals surface area (Å²) in [4.78, 5) is 13.3. The van der Waals surface area contributed by atoms with Crippen molar-refractivity contribution >= 4 is 11.6 Å². The van der Waals surface area contributed by atoms with Crippen molar-refractivity contribution in [2.24, 2.45) is 5.92 Å². The quantitative estimate of drug-likeness (QED) is 0.782. The third kappa shape index (κ3) is 5.17. The van der Waals surface area contributed by atoms with E-state index >= 15 is 0 Å². The minimum atomic E-state index is 0.244. The van der Waals surface area contributed by atoms with Crippen LogP contribution in [0.2, 0.25) is 0 Å². The Morgan fingerprint density at radius 2 is 2.04 bits per heavy atom. The van der Waals surface area contributed by atoms with E-state index in [0.717, 1.165) is 44.1 Å². The van der Waals surface area contributed by atoms with Gasteiger partial charge in [0.2, 0.25) is 0 Å². The molecular formula is C21H31N5O. The minimum Gasteiger partial charge on any atom is -0.396 e. The number of rotatable bonds is 7. The highest BCUT2D eigenvalue weighted by Gasteiger charge is 2.21.